The lowest BCUT2D eigenvalue weighted by Crippen LogP contribution is -3.00. The second kappa shape index (κ2) is 21.5. The van der Waals surface area contributed by atoms with E-state index in [9.17, 15) is 0 Å². The fourth-order valence-corrected chi connectivity index (χ4v) is 3.53. The standard InChI is InChI=1S/C23H50NO.ClH/c1-24(2,3)22-20-18-16-14-12-10-8-6-4-5-7-9-11-13-15-17-19-21-23-25;/h25H,4-23H2,1-3H3;1H/q+1;/p-1. The molecule has 0 rings (SSSR count). The van der Waals surface area contributed by atoms with E-state index in [1.807, 2.05) is 0 Å². The number of halogens is 1. The Morgan fingerprint density at radius 3 is 0.885 bits per heavy atom. The van der Waals surface area contributed by atoms with Gasteiger partial charge in [0.2, 0.25) is 0 Å². The molecule has 0 aromatic rings. The molecule has 0 fully saturated rings. The molecule has 2 nitrogen and oxygen atoms in total. The Hall–Kier alpha value is 0.210. The summed E-state index contributed by atoms with van der Waals surface area (Å²) in [5.74, 6) is 0. The molecule has 0 spiro atoms. The Labute approximate surface area is 172 Å². The molecule has 0 aromatic carbocycles. The molecule has 0 aromatic heterocycles. The number of nitrogens with zero attached hydrogens (tertiary/aromatic N) is 1. The van der Waals surface area contributed by atoms with E-state index in [0.717, 1.165) is 10.9 Å². The highest BCUT2D eigenvalue weighted by Gasteiger charge is 2.04. The normalized spacial score (nSPS) is 11.5. The van der Waals surface area contributed by atoms with Crippen LogP contribution < -0.4 is 12.4 Å². The molecule has 0 bridgehead atoms. The number of aliphatic hydroxyl groups is 1. The summed E-state index contributed by atoms with van der Waals surface area (Å²) in [6.07, 6.45) is 25.1. The molecule has 3 heteroatoms. The van der Waals surface area contributed by atoms with Gasteiger partial charge in [-0.3, -0.25) is 0 Å². The third kappa shape index (κ3) is 26.4. The molecule has 1 N–H and O–H groups in total. The van der Waals surface area contributed by atoms with Crippen LogP contribution in [0.1, 0.15) is 116 Å². The van der Waals surface area contributed by atoms with Gasteiger partial charge < -0.3 is 22.0 Å². The number of quaternary nitrogens is 1. The summed E-state index contributed by atoms with van der Waals surface area (Å²) >= 11 is 0. The average Bonchev–Trinajstić information content (AvgIpc) is 2.56. The largest absolute Gasteiger partial charge is 1.00 e. The zero-order valence-corrected chi connectivity index (χ0v) is 19.2. The van der Waals surface area contributed by atoms with Crippen LogP contribution in [0.3, 0.4) is 0 Å². The van der Waals surface area contributed by atoms with E-state index >= 15 is 0 Å². The number of aliphatic hydroxyl groups excluding tert-OH is 1. The van der Waals surface area contributed by atoms with Crippen LogP contribution in [0.5, 0.6) is 0 Å². The van der Waals surface area contributed by atoms with Gasteiger partial charge in [-0.2, -0.15) is 0 Å². The van der Waals surface area contributed by atoms with Crippen molar-refractivity contribution in [3.05, 3.63) is 0 Å². The second-order valence-electron chi connectivity index (χ2n) is 9.10. The van der Waals surface area contributed by atoms with Crippen molar-refractivity contribution in [1.29, 1.82) is 0 Å². The summed E-state index contributed by atoms with van der Waals surface area (Å²) < 4.78 is 1.12. The first-order chi connectivity index (χ1) is 12.1. The van der Waals surface area contributed by atoms with Gasteiger partial charge in [-0.15, -0.1) is 0 Å². The quantitative estimate of drug-likeness (QED) is 0.248. The van der Waals surface area contributed by atoms with Crippen LogP contribution in [0.15, 0.2) is 0 Å². The van der Waals surface area contributed by atoms with Crippen molar-refractivity contribution in [1.82, 2.24) is 0 Å². The molecule has 0 aliphatic heterocycles. The van der Waals surface area contributed by atoms with Gasteiger partial charge in [0.1, 0.15) is 0 Å². The van der Waals surface area contributed by atoms with Crippen LogP contribution in [0.4, 0.5) is 0 Å². The molecular formula is C23H50ClNO. The topological polar surface area (TPSA) is 20.2 Å². The minimum atomic E-state index is 0. The lowest BCUT2D eigenvalue weighted by molar-refractivity contribution is -0.870. The second-order valence-corrected chi connectivity index (χ2v) is 9.10. The van der Waals surface area contributed by atoms with E-state index in [1.165, 1.54) is 116 Å². The van der Waals surface area contributed by atoms with Crippen LogP contribution in [0.2, 0.25) is 0 Å². The lowest BCUT2D eigenvalue weighted by Gasteiger charge is -2.23. The maximum absolute atomic E-state index is 8.72. The van der Waals surface area contributed by atoms with Crippen LogP contribution in [0, 0.1) is 0 Å². The van der Waals surface area contributed by atoms with Crippen molar-refractivity contribution in [2.24, 2.45) is 0 Å². The molecule has 0 atom stereocenters. The molecule has 160 valence electrons. The van der Waals surface area contributed by atoms with Crippen molar-refractivity contribution < 1.29 is 22.0 Å². The summed E-state index contributed by atoms with van der Waals surface area (Å²) in [4.78, 5) is 0. The van der Waals surface area contributed by atoms with Gasteiger partial charge in [-0.25, -0.2) is 0 Å². The van der Waals surface area contributed by atoms with Gasteiger partial charge in [-0.1, -0.05) is 96.3 Å². The maximum Gasteiger partial charge on any atom is 0.0780 e. The lowest BCUT2D eigenvalue weighted by atomic mass is 10.0. The Morgan fingerprint density at radius 2 is 0.654 bits per heavy atom. The Morgan fingerprint density at radius 1 is 0.423 bits per heavy atom. The summed E-state index contributed by atoms with van der Waals surface area (Å²) in [6, 6.07) is 0. The molecule has 0 aliphatic rings. The third-order valence-corrected chi connectivity index (χ3v) is 5.24. The summed E-state index contributed by atoms with van der Waals surface area (Å²) in [7, 11) is 6.88. The highest BCUT2D eigenvalue weighted by atomic mass is 35.5. The van der Waals surface area contributed by atoms with Crippen LogP contribution >= 0.6 is 0 Å². The summed E-state index contributed by atoms with van der Waals surface area (Å²) in [5, 5.41) is 8.72. The smallest absolute Gasteiger partial charge is 0.0780 e. The van der Waals surface area contributed by atoms with Crippen LogP contribution in [-0.4, -0.2) is 43.9 Å². The van der Waals surface area contributed by atoms with Crippen molar-refractivity contribution in [2.45, 2.75) is 116 Å². The first kappa shape index (κ1) is 28.4. The first-order valence-electron chi connectivity index (χ1n) is 11.5. The van der Waals surface area contributed by atoms with E-state index in [4.69, 9.17) is 5.11 Å². The number of rotatable bonds is 20. The third-order valence-electron chi connectivity index (χ3n) is 5.24. The van der Waals surface area contributed by atoms with Gasteiger partial charge in [0, 0.05) is 6.61 Å². The van der Waals surface area contributed by atoms with Gasteiger partial charge in [0.15, 0.2) is 0 Å². The maximum atomic E-state index is 8.72. The van der Waals surface area contributed by atoms with Gasteiger partial charge in [0.25, 0.3) is 0 Å². The number of hydrogen-bond donors (Lipinski definition) is 1. The minimum Gasteiger partial charge on any atom is -1.00 e. The van der Waals surface area contributed by atoms with Gasteiger partial charge in [-0.05, 0) is 19.3 Å². The fraction of sp³-hybridized carbons (Fsp3) is 1.00. The Kier molecular flexibility index (Phi) is 23.5. The minimum absolute atomic E-state index is 0. The predicted molar refractivity (Wildman–Crippen MR) is 113 cm³/mol. The Balaban J connectivity index is 0. The average molecular weight is 392 g/mol. The molecule has 0 heterocycles. The number of unbranched alkanes of at least 4 members (excludes halogenated alkanes) is 17. The Bertz CT molecular complexity index is 253. The molecule has 26 heavy (non-hydrogen) atoms. The molecule has 0 aliphatic carbocycles. The molecule has 0 unspecified atom stereocenters. The molecule has 0 amide bonds. The monoisotopic (exact) mass is 391 g/mol. The van der Waals surface area contributed by atoms with Gasteiger partial charge in [0.05, 0.1) is 27.7 Å². The molecule has 0 saturated carbocycles. The van der Waals surface area contributed by atoms with E-state index in [2.05, 4.69) is 21.1 Å². The molecule has 0 saturated heterocycles. The van der Waals surface area contributed by atoms with E-state index in [1.54, 1.807) is 0 Å². The van der Waals surface area contributed by atoms with E-state index in [0.29, 0.717) is 6.61 Å². The summed E-state index contributed by atoms with van der Waals surface area (Å²) in [5.41, 5.74) is 0. The zero-order valence-electron chi connectivity index (χ0n) is 18.4. The highest BCUT2D eigenvalue weighted by molar-refractivity contribution is 4.50. The van der Waals surface area contributed by atoms with Crippen molar-refractivity contribution in [3.63, 3.8) is 0 Å². The van der Waals surface area contributed by atoms with Gasteiger partial charge >= 0.3 is 0 Å². The van der Waals surface area contributed by atoms with Crippen molar-refractivity contribution in [2.75, 3.05) is 34.3 Å². The van der Waals surface area contributed by atoms with Crippen LogP contribution in [0.25, 0.3) is 0 Å². The first-order valence-corrected chi connectivity index (χ1v) is 11.5. The number of hydrogen-bond acceptors (Lipinski definition) is 1. The van der Waals surface area contributed by atoms with Crippen molar-refractivity contribution in [3.8, 4) is 0 Å². The molecule has 0 radical (unpaired) electrons. The SMILES string of the molecule is C[N+](C)(C)CCCCCCCCCCCCCCCCCCCCO.[Cl-]. The fourth-order valence-electron chi connectivity index (χ4n) is 3.53. The molecular weight excluding hydrogens is 342 g/mol. The van der Waals surface area contributed by atoms with Crippen molar-refractivity contribution >= 4 is 0 Å². The summed E-state index contributed by atoms with van der Waals surface area (Å²) in [6.45, 7) is 1.70. The highest BCUT2D eigenvalue weighted by Crippen LogP contribution is 2.14. The van der Waals surface area contributed by atoms with E-state index in [-0.39, 0.29) is 12.4 Å². The van der Waals surface area contributed by atoms with Crippen LogP contribution in [-0.2, 0) is 0 Å². The zero-order chi connectivity index (χ0) is 18.6. The predicted octanol–water partition coefficient (Wildman–Crippen LogP) is 3.71. The van der Waals surface area contributed by atoms with E-state index < -0.39 is 0 Å².